The quantitative estimate of drug-likeness (QED) is 0.602. The zero-order chi connectivity index (χ0) is 9.84. The minimum atomic E-state index is -2.37. The van der Waals surface area contributed by atoms with E-state index < -0.39 is 16.7 Å². The fourth-order valence-corrected chi connectivity index (χ4v) is 2.09. The lowest BCUT2D eigenvalue weighted by Gasteiger charge is -2.27. The molecule has 0 unspecified atom stereocenters. The summed E-state index contributed by atoms with van der Waals surface area (Å²) in [6.45, 7) is 1.14. The van der Waals surface area contributed by atoms with Gasteiger partial charge in [-0.3, -0.25) is 9.69 Å². The summed E-state index contributed by atoms with van der Waals surface area (Å²) in [5, 5.41) is 8.67. The summed E-state index contributed by atoms with van der Waals surface area (Å²) in [4.78, 5) is 12.3. The molecule has 0 radical (unpaired) electrons. The van der Waals surface area contributed by atoms with Crippen molar-refractivity contribution in [2.75, 3.05) is 19.0 Å². The second-order valence-corrected chi connectivity index (χ2v) is 4.15. The van der Waals surface area contributed by atoms with E-state index in [0.29, 0.717) is 25.9 Å². The molecule has 1 heterocycles. The van der Waals surface area contributed by atoms with Gasteiger partial charge >= 0.3 is 5.97 Å². The number of thiol groups is 1. The fourth-order valence-electron chi connectivity index (χ4n) is 1.48. The van der Waals surface area contributed by atoms with Crippen molar-refractivity contribution in [2.24, 2.45) is 5.92 Å². The minimum Gasteiger partial charge on any atom is -0.481 e. The molecular weight excluding hydrogens is 194 g/mol. The number of nitrogens with zero attached hydrogens (tertiary/aromatic N) is 1. The van der Waals surface area contributed by atoms with E-state index in [4.69, 9.17) is 5.11 Å². The van der Waals surface area contributed by atoms with Gasteiger partial charge in [-0.25, -0.2) is 8.42 Å². The lowest BCUT2D eigenvalue weighted by atomic mass is 9.98. The molecule has 0 spiro atoms. The molecular formula is C7H13NO4S. The molecule has 1 aliphatic rings. The normalized spacial score (nSPS) is 20.7. The standard InChI is InChI=1S/C7H13NO4S/c9-7(10)6-1-3-8(4-2-6)5-13(11)12/h6,13H,1-5H2,(H,9,10). The Morgan fingerprint density at radius 2 is 1.92 bits per heavy atom. The highest BCUT2D eigenvalue weighted by atomic mass is 32.2. The van der Waals surface area contributed by atoms with E-state index in [2.05, 4.69) is 0 Å². The first-order valence-electron chi connectivity index (χ1n) is 4.16. The lowest BCUT2D eigenvalue weighted by Crippen LogP contribution is -2.37. The number of likely N-dealkylation sites (tertiary alicyclic amines) is 1. The zero-order valence-electron chi connectivity index (χ0n) is 7.18. The Balaban J connectivity index is 2.34. The van der Waals surface area contributed by atoms with Crippen LogP contribution < -0.4 is 0 Å². The molecule has 0 bridgehead atoms. The summed E-state index contributed by atoms with van der Waals surface area (Å²) in [6, 6.07) is 0. The van der Waals surface area contributed by atoms with Crippen molar-refractivity contribution < 1.29 is 18.3 Å². The first-order valence-corrected chi connectivity index (χ1v) is 5.53. The maximum Gasteiger partial charge on any atom is 0.306 e. The lowest BCUT2D eigenvalue weighted by molar-refractivity contribution is -0.143. The predicted molar refractivity (Wildman–Crippen MR) is 47.1 cm³/mol. The maximum absolute atomic E-state index is 10.5. The maximum atomic E-state index is 10.5. The van der Waals surface area contributed by atoms with Crippen LogP contribution in [0.2, 0.25) is 0 Å². The Morgan fingerprint density at radius 1 is 1.38 bits per heavy atom. The largest absolute Gasteiger partial charge is 0.481 e. The van der Waals surface area contributed by atoms with Crippen LogP contribution in [-0.4, -0.2) is 43.4 Å². The van der Waals surface area contributed by atoms with E-state index in [1.54, 1.807) is 4.90 Å². The third kappa shape index (κ3) is 3.31. The second kappa shape index (κ2) is 4.57. The van der Waals surface area contributed by atoms with Crippen LogP contribution in [0.25, 0.3) is 0 Å². The molecule has 0 aromatic rings. The molecule has 6 heteroatoms. The van der Waals surface area contributed by atoms with E-state index in [-0.39, 0.29) is 11.8 Å². The molecule has 0 aromatic carbocycles. The first kappa shape index (κ1) is 10.5. The van der Waals surface area contributed by atoms with Crippen molar-refractivity contribution in [1.29, 1.82) is 0 Å². The average Bonchev–Trinajstić information content (AvgIpc) is 2.04. The van der Waals surface area contributed by atoms with Gasteiger partial charge in [-0.1, -0.05) is 0 Å². The number of hydrogen-bond donors (Lipinski definition) is 2. The third-order valence-electron chi connectivity index (χ3n) is 2.25. The number of hydrogen-bond acceptors (Lipinski definition) is 4. The zero-order valence-corrected chi connectivity index (χ0v) is 8.07. The van der Waals surface area contributed by atoms with Gasteiger partial charge in [0.05, 0.1) is 11.8 Å². The summed E-state index contributed by atoms with van der Waals surface area (Å²) in [7, 11) is -2.37. The van der Waals surface area contributed by atoms with E-state index in [1.807, 2.05) is 0 Å². The molecule has 0 aliphatic carbocycles. The van der Waals surface area contributed by atoms with Crippen molar-refractivity contribution in [3.05, 3.63) is 0 Å². The van der Waals surface area contributed by atoms with Crippen LogP contribution in [0.3, 0.4) is 0 Å². The van der Waals surface area contributed by atoms with Gasteiger partial charge in [-0.2, -0.15) is 0 Å². The van der Waals surface area contributed by atoms with Gasteiger partial charge in [-0.05, 0) is 25.9 Å². The van der Waals surface area contributed by atoms with Crippen LogP contribution in [0.15, 0.2) is 0 Å². The van der Waals surface area contributed by atoms with Crippen LogP contribution in [0, 0.1) is 5.92 Å². The van der Waals surface area contributed by atoms with E-state index >= 15 is 0 Å². The summed E-state index contributed by atoms with van der Waals surface area (Å²) < 4.78 is 20.7. The Morgan fingerprint density at radius 3 is 2.31 bits per heavy atom. The van der Waals surface area contributed by atoms with Crippen LogP contribution in [0.5, 0.6) is 0 Å². The number of piperidine rings is 1. The molecule has 13 heavy (non-hydrogen) atoms. The van der Waals surface area contributed by atoms with Gasteiger partial charge in [0.25, 0.3) is 0 Å². The molecule has 1 aliphatic heterocycles. The molecule has 1 N–H and O–H groups in total. The van der Waals surface area contributed by atoms with Gasteiger partial charge in [0, 0.05) is 0 Å². The number of carboxylic acids is 1. The topological polar surface area (TPSA) is 74.7 Å². The van der Waals surface area contributed by atoms with E-state index in [9.17, 15) is 13.2 Å². The average molecular weight is 207 g/mol. The van der Waals surface area contributed by atoms with Crippen LogP contribution in [-0.2, 0) is 15.5 Å². The first-order chi connectivity index (χ1) is 6.09. The highest BCUT2D eigenvalue weighted by Gasteiger charge is 2.24. The molecule has 1 rings (SSSR count). The van der Waals surface area contributed by atoms with Crippen molar-refractivity contribution in [2.45, 2.75) is 12.8 Å². The molecule has 76 valence electrons. The summed E-state index contributed by atoms with van der Waals surface area (Å²) >= 11 is 0. The monoisotopic (exact) mass is 207 g/mol. The van der Waals surface area contributed by atoms with Crippen molar-refractivity contribution >= 4 is 16.7 Å². The Labute approximate surface area is 78.3 Å². The van der Waals surface area contributed by atoms with Crippen LogP contribution in [0.1, 0.15) is 12.8 Å². The van der Waals surface area contributed by atoms with Gasteiger partial charge < -0.3 is 5.11 Å². The molecule has 0 saturated carbocycles. The number of carboxylic acid groups (broad SMARTS) is 1. The molecule has 1 fully saturated rings. The number of carbonyl (C=O) groups is 1. The third-order valence-corrected chi connectivity index (χ3v) is 2.88. The fraction of sp³-hybridized carbons (Fsp3) is 0.857. The van der Waals surface area contributed by atoms with Crippen molar-refractivity contribution in [1.82, 2.24) is 4.90 Å². The molecule has 5 nitrogen and oxygen atoms in total. The molecule has 1 saturated heterocycles. The molecule has 0 aromatic heterocycles. The van der Waals surface area contributed by atoms with Crippen molar-refractivity contribution in [3.63, 3.8) is 0 Å². The Hall–Kier alpha value is -0.620. The highest BCUT2D eigenvalue weighted by Crippen LogP contribution is 2.16. The molecule has 0 amide bonds. The van der Waals surface area contributed by atoms with Gasteiger partial charge in [0.1, 0.15) is 0 Å². The van der Waals surface area contributed by atoms with Gasteiger partial charge in [-0.15, -0.1) is 0 Å². The van der Waals surface area contributed by atoms with Crippen LogP contribution in [0.4, 0.5) is 0 Å². The van der Waals surface area contributed by atoms with E-state index in [0.717, 1.165) is 0 Å². The van der Waals surface area contributed by atoms with E-state index in [1.165, 1.54) is 0 Å². The van der Waals surface area contributed by atoms with Gasteiger partial charge in [0.2, 0.25) is 0 Å². The molecule has 0 atom stereocenters. The van der Waals surface area contributed by atoms with Crippen molar-refractivity contribution in [3.8, 4) is 0 Å². The second-order valence-electron chi connectivity index (χ2n) is 3.20. The minimum absolute atomic E-state index is 0.0572. The predicted octanol–water partition coefficient (Wildman–Crippen LogP) is -0.648. The van der Waals surface area contributed by atoms with Crippen LogP contribution >= 0.6 is 0 Å². The summed E-state index contributed by atoms with van der Waals surface area (Å²) in [5.41, 5.74) is 0. The summed E-state index contributed by atoms with van der Waals surface area (Å²) in [6.07, 6.45) is 1.11. The van der Waals surface area contributed by atoms with Gasteiger partial charge in [0.15, 0.2) is 10.7 Å². The Bertz CT molecular complexity index is 247. The smallest absolute Gasteiger partial charge is 0.306 e. The number of aliphatic carboxylic acids is 1. The SMILES string of the molecule is O=C(O)C1CCN(C[SH](=O)=O)CC1. The Kier molecular flexibility index (Phi) is 3.68. The number of rotatable bonds is 3. The summed E-state index contributed by atoms with van der Waals surface area (Å²) in [5.74, 6) is -1.01. The highest BCUT2D eigenvalue weighted by molar-refractivity contribution is 7.72.